The molecule has 0 aliphatic carbocycles. The highest BCUT2D eigenvalue weighted by Crippen LogP contribution is 2.26. The minimum Gasteiger partial charge on any atom is -0.332 e. The Hall–Kier alpha value is -2.99. The number of aromatic nitrogens is 5. The van der Waals surface area contributed by atoms with E-state index in [9.17, 15) is 0 Å². The van der Waals surface area contributed by atoms with Crippen LogP contribution in [0.5, 0.6) is 0 Å². The summed E-state index contributed by atoms with van der Waals surface area (Å²) in [7, 11) is 0. The zero-order valence-electron chi connectivity index (χ0n) is 11.8. The van der Waals surface area contributed by atoms with Crippen molar-refractivity contribution in [1.82, 2.24) is 25.1 Å². The molecule has 2 aromatic carbocycles. The minimum atomic E-state index is 0.294. The smallest absolute Gasteiger partial charge is 0.280 e. The fourth-order valence-electron chi connectivity index (χ4n) is 2.15. The highest BCUT2D eigenvalue weighted by Gasteiger charge is 2.15. The van der Waals surface area contributed by atoms with Crippen molar-refractivity contribution in [3.63, 3.8) is 0 Å². The predicted octanol–water partition coefficient (Wildman–Crippen LogP) is 3.64. The molecule has 0 atom stereocenters. The van der Waals surface area contributed by atoms with Crippen LogP contribution in [0.4, 0.5) is 0 Å². The van der Waals surface area contributed by atoms with Crippen LogP contribution in [0.1, 0.15) is 0 Å². The van der Waals surface area contributed by atoms with Crippen LogP contribution in [0, 0.1) is 0 Å². The summed E-state index contributed by atoms with van der Waals surface area (Å²) in [5, 5.41) is 12.7. The largest absolute Gasteiger partial charge is 0.332 e. The topological polar surface area (TPSA) is 69.6 Å². The van der Waals surface area contributed by atoms with Gasteiger partial charge in [-0.25, -0.2) is 4.68 Å². The minimum absolute atomic E-state index is 0.294. The molecule has 0 spiro atoms. The Morgan fingerprint density at radius 3 is 2.57 bits per heavy atom. The van der Waals surface area contributed by atoms with Gasteiger partial charge in [-0.15, -0.1) is 5.10 Å². The van der Waals surface area contributed by atoms with Gasteiger partial charge in [0.05, 0.1) is 16.9 Å². The molecule has 2 heterocycles. The Morgan fingerprint density at radius 2 is 1.74 bits per heavy atom. The van der Waals surface area contributed by atoms with E-state index in [0.717, 1.165) is 5.69 Å². The summed E-state index contributed by atoms with van der Waals surface area (Å²) < 4.78 is 6.92. The Morgan fingerprint density at radius 1 is 0.957 bits per heavy atom. The second-order valence-corrected chi connectivity index (χ2v) is 5.19. The lowest BCUT2D eigenvalue weighted by molar-refractivity contribution is 0.431. The molecule has 112 valence electrons. The molecule has 2 aromatic heterocycles. The lowest BCUT2D eigenvalue weighted by Crippen LogP contribution is -1.93. The van der Waals surface area contributed by atoms with E-state index >= 15 is 0 Å². The SMILES string of the molecule is Clc1ccccc1-c1noc(-c2cn(-c3ccccc3)nn2)n1. The molecular weight excluding hydrogens is 314 g/mol. The molecule has 0 aliphatic rings. The molecule has 0 amide bonds. The average Bonchev–Trinajstić information content (AvgIpc) is 3.25. The van der Waals surface area contributed by atoms with Crippen molar-refractivity contribution in [2.45, 2.75) is 0 Å². The Balaban J connectivity index is 1.68. The summed E-state index contributed by atoms with van der Waals surface area (Å²) in [5.74, 6) is 0.710. The molecule has 0 bridgehead atoms. The van der Waals surface area contributed by atoms with Gasteiger partial charge in [-0.2, -0.15) is 4.98 Å². The van der Waals surface area contributed by atoms with Crippen LogP contribution in [-0.4, -0.2) is 25.1 Å². The average molecular weight is 324 g/mol. The van der Waals surface area contributed by atoms with E-state index in [-0.39, 0.29) is 0 Å². The molecule has 6 nitrogen and oxygen atoms in total. The van der Waals surface area contributed by atoms with Crippen molar-refractivity contribution in [2.24, 2.45) is 0 Å². The number of halogens is 1. The van der Waals surface area contributed by atoms with E-state index in [4.69, 9.17) is 16.1 Å². The fraction of sp³-hybridized carbons (Fsp3) is 0. The van der Waals surface area contributed by atoms with E-state index in [1.807, 2.05) is 48.5 Å². The van der Waals surface area contributed by atoms with Gasteiger partial charge >= 0.3 is 0 Å². The number of hydrogen-bond acceptors (Lipinski definition) is 5. The van der Waals surface area contributed by atoms with Crippen LogP contribution in [0.3, 0.4) is 0 Å². The molecule has 7 heteroatoms. The Kier molecular flexibility index (Phi) is 3.36. The van der Waals surface area contributed by atoms with Crippen molar-refractivity contribution in [2.75, 3.05) is 0 Å². The Labute approximate surface area is 136 Å². The van der Waals surface area contributed by atoms with Crippen molar-refractivity contribution >= 4 is 11.6 Å². The zero-order valence-corrected chi connectivity index (χ0v) is 12.6. The van der Waals surface area contributed by atoms with Crippen LogP contribution in [0.25, 0.3) is 28.7 Å². The van der Waals surface area contributed by atoms with Crippen molar-refractivity contribution in [3.8, 4) is 28.7 Å². The summed E-state index contributed by atoms with van der Waals surface area (Å²) in [6.07, 6.45) is 1.74. The van der Waals surface area contributed by atoms with Gasteiger partial charge < -0.3 is 4.52 Å². The standard InChI is InChI=1S/C16H10ClN5O/c17-13-9-5-4-8-12(13)15-18-16(23-20-15)14-10-22(21-19-14)11-6-2-1-3-7-11/h1-10H. The maximum absolute atomic E-state index is 6.14. The summed E-state index contributed by atoms with van der Waals surface area (Å²) in [4.78, 5) is 4.34. The van der Waals surface area contributed by atoms with Gasteiger partial charge in [0.1, 0.15) is 0 Å². The molecule has 0 saturated heterocycles. The maximum atomic E-state index is 6.14. The van der Waals surface area contributed by atoms with Gasteiger partial charge in [0, 0.05) is 5.56 Å². The third-order valence-electron chi connectivity index (χ3n) is 3.27. The van der Waals surface area contributed by atoms with Crippen molar-refractivity contribution in [1.29, 1.82) is 0 Å². The molecule has 0 N–H and O–H groups in total. The molecule has 0 fully saturated rings. The maximum Gasteiger partial charge on any atom is 0.280 e. The normalized spacial score (nSPS) is 10.8. The molecular formula is C16H10ClN5O. The van der Waals surface area contributed by atoms with Gasteiger partial charge in [-0.1, -0.05) is 52.3 Å². The van der Waals surface area contributed by atoms with E-state index in [0.29, 0.717) is 28.0 Å². The number of benzene rings is 2. The van der Waals surface area contributed by atoms with Crippen LogP contribution >= 0.6 is 11.6 Å². The summed E-state index contributed by atoms with van der Waals surface area (Å²) in [5.41, 5.74) is 2.11. The first kappa shape index (κ1) is 13.7. The van der Waals surface area contributed by atoms with Crippen molar-refractivity contribution < 1.29 is 4.52 Å². The van der Waals surface area contributed by atoms with Gasteiger partial charge in [0.2, 0.25) is 5.82 Å². The lowest BCUT2D eigenvalue weighted by atomic mass is 10.2. The second kappa shape index (κ2) is 5.66. The van der Waals surface area contributed by atoms with Gasteiger partial charge in [-0.05, 0) is 24.3 Å². The number of rotatable bonds is 3. The molecule has 4 rings (SSSR count). The van der Waals surface area contributed by atoms with Crippen LogP contribution in [-0.2, 0) is 0 Å². The summed E-state index contributed by atoms with van der Waals surface area (Å²) >= 11 is 6.14. The van der Waals surface area contributed by atoms with E-state index in [1.54, 1.807) is 16.9 Å². The molecule has 0 radical (unpaired) electrons. The Bertz CT molecular complexity index is 948. The predicted molar refractivity (Wildman–Crippen MR) is 85.1 cm³/mol. The van der Waals surface area contributed by atoms with E-state index in [1.165, 1.54) is 0 Å². The summed E-state index contributed by atoms with van der Waals surface area (Å²) in [6, 6.07) is 17.0. The molecule has 0 aliphatic heterocycles. The van der Waals surface area contributed by atoms with E-state index in [2.05, 4.69) is 20.5 Å². The summed E-state index contributed by atoms with van der Waals surface area (Å²) in [6.45, 7) is 0. The first-order chi connectivity index (χ1) is 11.3. The fourth-order valence-corrected chi connectivity index (χ4v) is 2.37. The quantitative estimate of drug-likeness (QED) is 0.575. The van der Waals surface area contributed by atoms with Gasteiger partial charge in [-0.3, -0.25) is 0 Å². The highest BCUT2D eigenvalue weighted by atomic mass is 35.5. The monoisotopic (exact) mass is 323 g/mol. The second-order valence-electron chi connectivity index (χ2n) is 4.79. The number of para-hydroxylation sites is 1. The lowest BCUT2D eigenvalue weighted by Gasteiger charge is -1.96. The molecule has 0 unspecified atom stereocenters. The van der Waals surface area contributed by atoms with Crippen LogP contribution < -0.4 is 0 Å². The van der Waals surface area contributed by atoms with Gasteiger partial charge in [0.25, 0.3) is 5.89 Å². The molecule has 23 heavy (non-hydrogen) atoms. The first-order valence-electron chi connectivity index (χ1n) is 6.88. The van der Waals surface area contributed by atoms with Crippen molar-refractivity contribution in [3.05, 3.63) is 65.8 Å². The highest BCUT2D eigenvalue weighted by molar-refractivity contribution is 6.33. The number of nitrogens with zero attached hydrogens (tertiary/aromatic N) is 5. The van der Waals surface area contributed by atoms with Crippen LogP contribution in [0.15, 0.2) is 65.3 Å². The van der Waals surface area contributed by atoms with E-state index < -0.39 is 0 Å². The third-order valence-corrected chi connectivity index (χ3v) is 3.60. The first-order valence-corrected chi connectivity index (χ1v) is 7.26. The molecule has 4 aromatic rings. The van der Waals surface area contributed by atoms with Crippen LogP contribution in [0.2, 0.25) is 5.02 Å². The third kappa shape index (κ3) is 2.60. The molecule has 0 saturated carbocycles. The zero-order chi connectivity index (χ0) is 15.6. The van der Waals surface area contributed by atoms with Gasteiger partial charge in [0.15, 0.2) is 5.69 Å². The number of hydrogen-bond donors (Lipinski definition) is 0.